The average molecular weight is 636 g/mol. The molecule has 1 aromatic carbocycles. The fraction of sp³-hybridized carbons (Fsp3) is 0.647. The van der Waals surface area contributed by atoms with Gasteiger partial charge in [-0.2, -0.15) is 0 Å². The van der Waals surface area contributed by atoms with E-state index in [4.69, 9.17) is 18.8 Å². The number of carbonyl (C=O) groups is 4. The van der Waals surface area contributed by atoms with Crippen LogP contribution in [0.5, 0.6) is 0 Å². The molecule has 1 aromatic heterocycles. The molecular formula is C34H46BN3O8. The van der Waals surface area contributed by atoms with Crippen LogP contribution in [0.15, 0.2) is 18.2 Å². The third kappa shape index (κ3) is 6.77. The highest BCUT2D eigenvalue weighted by molar-refractivity contribution is 6.51. The van der Waals surface area contributed by atoms with Crippen molar-refractivity contribution in [2.75, 3.05) is 26.7 Å². The molecule has 11 nitrogen and oxygen atoms in total. The van der Waals surface area contributed by atoms with Crippen LogP contribution in [0.4, 0.5) is 9.59 Å². The number of nitrogens with zero attached hydrogens (tertiary/aromatic N) is 3. The van der Waals surface area contributed by atoms with E-state index in [0.29, 0.717) is 18.2 Å². The number of cyclic esters (lactones) is 1. The Kier molecular flexibility index (Phi) is 8.63. The van der Waals surface area contributed by atoms with Gasteiger partial charge >= 0.3 is 31.2 Å². The van der Waals surface area contributed by atoms with Gasteiger partial charge in [0.2, 0.25) is 0 Å². The van der Waals surface area contributed by atoms with Crippen LogP contribution in [0, 0.1) is 11.8 Å². The zero-order valence-corrected chi connectivity index (χ0v) is 27.9. The molecule has 12 heteroatoms. The molecule has 2 aromatic rings. The van der Waals surface area contributed by atoms with Gasteiger partial charge in [0.15, 0.2) is 0 Å². The number of benzene rings is 1. The zero-order chi connectivity index (χ0) is 33.0. The van der Waals surface area contributed by atoms with Crippen molar-refractivity contribution >= 4 is 42.1 Å². The van der Waals surface area contributed by atoms with Gasteiger partial charge in [-0.25, -0.2) is 14.2 Å². The van der Waals surface area contributed by atoms with Gasteiger partial charge in [-0.3, -0.25) is 14.5 Å². The SMILES string of the molecule is CN1CC(=O)OB(C2CCC(Cc3ccc4cc(CN(CC5CCC5)C(=O)OC(C)(C)C)n5c4c3C(C)(C)OC5=O)C2)OC(=O)C1. The summed E-state index contributed by atoms with van der Waals surface area (Å²) in [4.78, 5) is 54.9. The van der Waals surface area contributed by atoms with Crippen molar-refractivity contribution in [2.45, 2.75) is 103 Å². The molecule has 2 atom stereocenters. The van der Waals surface area contributed by atoms with Gasteiger partial charge in [-0.1, -0.05) is 25.0 Å². The van der Waals surface area contributed by atoms with E-state index in [-0.39, 0.29) is 37.5 Å². The summed E-state index contributed by atoms with van der Waals surface area (Å²) in [5.74, 6) is -0.159. The fourth-order valence-electron chi connectivity index (χ4n) is 7.49. The quantitative estimate of drug-likeness (QED) is 0.356. The van der Waals surface area contributed by atoms with Crippen LogP contribution >= 0.6 is 0 Å². The highest BCUT2D eigenvalue weighted by atomic mass is 16.6. The molecule has 1 saturated heterocycles. The number of hydrogen-bond donors (Lipinski definition) is 0. The maximum absolute atomic E-state index is 13.6. The number of rotatable bonds is 7. The lowest BCUT2D eigenvalue weighted by molar-refractivity contribution is -0.146. The van der Waals surface area contributed by atoms with Crippen LogP contribution in [-0.2, 0) is 46.9 Å². The summed E-state index contributed by atoms with van der Waals surface area (Å²) < 4.78 is 24.6. The molecule has 46 heavy (non-hydrogen) atoms. The number of ether oxygens (including phenoxy) is 2. The van der Waals surface area contributed by atoms with E-state index >= 15 is 0 Å². The minimum absolute atomic E-state index is 0.0523. The predicted molar refractivity (Wildman–Crippen MR) is 171 cm³/mol. The molecule has 0 N–H and O–H groups in total. The van der Waals surface area contributed by atoms with Crippen molar-refractivity contribution in [3.8, 4) is 0 Å². The van der Waals surface area contributed by atoms with Gasteiger partial charge in [0.1, 0.15) is 11.2 Å². The predicted octanol–water partition coefficient (Wildman–Crippen LogP) is 5.64. The smallest absolute Gasteiger partial charge is 0.498 e. The Balaban J connectivity index is 1.26. The normalized spacial score (nSPS) is 23.7. The minimum atomic E-state index is -0.871. The lowest BCUT2D eigenvalue weighted by Crippen LogP contribution is -2.44. The molecular weight excluding hydrogens is 589 g/mol. The highest BCUT2D eigenvalue weighted by Gasteiger charge is 2.45. The average Bonchev–Trinajstić information content (AvgIpc) is 3.51. The third-order valence-electron chi connectivity index (χ3n) is 9.73. The van der Waals surface area contributed by atoms with E-state index in [1.807, 2.05) is 46.8 Å². The fourth-order valence-corrected chi connectivity index (χ4v) is 7.49. The van der Waals surface area contributed by atoms with Gasteiger partial charge < -0.3 is 23.7 Å². The zero-order valence-electron chi connectivity index (χ0n) is 27.9. The number of amides is 1. The van der Waals surface area contributed by atoms with Crippen LogP contribution in [0.25, 0.3) is 10.9 Å². The largest absolute Gasteiger partial charge is 0.601 e. The maximum atomic E-state index is 13.6. The van der Waals surface area contributed by atoms with Crippen molar-refractivity contribution in [1.82, 2.24) is 14.4 Å². The lowest BCUT2D eigenvalue weighted by atomic mass is 9.69. The molecule has 6 rings (SSSR count). The third-order valence-corrected chi connectivity index (χ3v) is 9.73. The molecule has 2 aliphatic heterocycles. The number of hydrogen-bond acceptors (Lipinski definition) is 9. The summed E-state index contributed by atoms with van der Waals surface area (Å²) >= 11 is 0. The number of carbonyl (C=O) groups excluding carboxylic acids is 4. The summed E-state index contributed by atoms with van der Waals surface area (Å²) in [6.07, 6.45) is 5.66. The first-order valence-electron chi connectivity index (χ1n) is 16.6. The Morgan fingerprint density at radius 3 is 2.37 bits per heavy atom. The molecule has 2 unspecified atom stereocenters. The molecule has 3 heterocycles. The summed E-state index contributed by atoms with van der Waals surface area (Å²) in [6.45, 7) is 10.3. The second-order valence-electron chi connectivity index (χ2n) is 15.2. The molecule has 4 aliphatic rings. The second-order valence-corrected chi connectivity index (χ2v) is 15.2. The molecule has 2 aliphatic carbocycles. The molecule has 1 amide bonds. The summed E-state index contributed by atoms with van der Waals surface area (Å²) in [7, 11) is 0.812. The molecule has 0 spiro atoms. The van der Waals surface area contributed by atoms with E-state index < -0.39 is 36.4 Å². The Hall–Kier alpha value is -3.54. The monoisotopic (exact) mass is 635 g/mol. The summed E-state index contributed by atoms with van der Waals surface area (Å²) in [5, 5.41) is 0.925. The second kappa shape index (κ2) is 12.2. The summed E-state index contributed by atoms with van der Waals surface area (Å²) in [5.41, 5.74) is 2.08. The number of likely N-dealkylation sites (N-methyl/N-ethyl adjacent to an activating group) is 1. The minimum Gasteiger partial charge on any atom is -0.498 e. The molecule has 248 valence electrons. The van der Waals surface area contributed by atoms with Crippen LogP contribution < -0.4 is 0 Å². The van der Waals surface area contributed by atoms with Gasteiger partial charge in [0.25, 0.3) is 0 Å². The van der Waals surface area contributed by atoms with E-state index in [2.05, 4.69) is 6.07 Å². The first kappa shape index (κ1) is 32.4. The lowest BCUT2D eigenvalue weighted by Gasteiger charge is -2.35. The van der Waals surface area contributed by atoms with E-state index in [9.17, 15) is 19.2 Å². The molecule has 2 saturated carbocycles. The standard InChI is InChI=1S/C34H46BN3O8/c1-33(2,3)43-31(41)37(17-21-8-7-9-21)18-26-16-24-12-11-23(29-30(24)38(26)32(42)44-34(29,4)5)14-22-10-13-25(15-22)35-45-27(39)19-36(6)20-28(40)46-35/h11-12,16,21-22,25H,7-10,13-15,17-20H2,1-6H3. The highest BCUT2D eigenvalue weighted by Crippen LogP contribution is 2.45. The van der Waals surface area contributed by atoms with Crippen LogP contribution in [0.2, 0.25) is 5.82 Å². The van der Waals surface area contributed by atoms with Gasteiger partial charge in [-0.05, 0) is 97.2 Å². The molecule has 0 bridgehead atoms. The summed E-state index contributed by atoms with van der Waals surface area (Å²) in [6, 6.07) is 6.16. The van der Waals surface area contributed by atoms with Gasteiger partial charge in [0.05, 0.1) is 25.2 Å². The Morgan fingerprint density at radius 2 is 1.74 bits per heavy atom. The number of aromatic nitrogens is 1. The van der Waals surface area contributed by atoms with E-state index in [0.717, 1.165) is 67.0 Å². The van der Waals surface area contributed by atoms with Crippen LogP contribution in [0.1, 0.15) is 90.0 Å². The van der Waals surface area contributed by atoms with Gasteiger partial charge in [-0.15, -0.1) is 0 Å². The van der Waals surface area contributed by atoms with Crippen molar-refractivity contribution in [3.63, 3.8) is 0 Å². The van der Waals surface area contributed by atoms with E-state index in [1.165, 1.54) is 0 Å². The Labute approximate surface area is 271 Å². The molecule has 3 fully saturated rings. The van der Waals surface area contributed by atoms with Crippen molar-refractivity contribution in [1.29, 1.82) is 0 Å². The van der Waals surface area contributed by atoms with Gasteiger partial charge in [0, 0.05) is 29.0 Å². The van der Waals surface area contributed by atoms with Crippen molar-refractivity contribution < 1.29 is 38.0 Å². The van der Waals surface area contributed by atoms with Crippen LogP contribution in [0.3, 0.4) is 0 Å². The Morgan fingerprint density at radius 1 is 1.04 bits per heavy atom. The van der Waals surface area contributed by atoms with Crippen LogP contribution in [-0.4, -0.2) is 77.9 Å². The Bertz CT molecular complexity index is 1520. The topological polar surface area (TPSA) is 117 Å². The first-order chi connectivity index (χ1) is 21.7. The van der Waals surface area contributed by atoms with Crippen molar-refractivity contribution in [3.05, 3.63) is 35.0 Å². The van der Waals surface area contributed by atoms with Crippen molar-refractivity contribution in [2.24, 2.45) is 11.8 Å². The van der Waals surface area contributed by atoms with E-state index in [1.54, 1.807) is 21.4 Å². The maximum Gasteiger partial charge on any atom is 0.601 e. The first-order valence-corrected chi connectivity index (χ1v) is 16.6. The molecule has 0 radical (unpaired) electrons.